The van der Waals surface area contributed by atoms with Crippen molar-refractivity contribution in [1.29, 1.82) is 0 Å². The molecule has 5 heteroatoms. The first kappa shape index (κ1) is 15.0. The van der Waals surface area contributed by atoms with Crippen molar-refractivity contribution in [3.8, 4) is 0 Å². The van der Waals surface area contributed by atoms with Gasteiger partial charge in [0.15, 0.2) is 0 Å². The van der Waals surface area contributed by atoms with Crippen LogP contribution in [0.2, 0.25) is 0 Å². The largest absolute Gasteiger partial charge is 0.377 e. The monoisotopic (exact) mass is 216 g/mol. The summed E-state index contributed by atoms with van der Waals surface area (Å²) in [4.78, 5) is 0. The molecular weight excluding hydrogens is 199 g/mol. The van der Waals surface area contributed by atoms with Crippen LogP contribution < -0.4 is 11.1 Å². The summed E-state index contributed by atoms with van der Waals surface area (Å²) in [6.45, 7) is 3.54. The summed E-state index contributed by atoms with van der Waals surface area (Å²) >= 11 is 0. The molecule has 1 heterocycles. The van der Waals surface area contributed by atoms with Gasteiger partial charge in [0, 0.05) is 6.54 Å². The van der Waals surface area contributed by atoms with E-state index in [9.17, 15) is 0 Å². The molecule has 3 nitrogen and oxygen atoms in total. The molecule has 0 radical (unpaired) electrons. The fraction of sp³-hybridized carbons (Fsp3) is 1.00. The number of nitrogens with one attached hydrogen (secondary N) is 1. The Morgan fingerprint density at radius 1 is 1.25 bits per heavy atom. The number of ether oxygens (including phenoxy) is 1. The lowest BCUT2D eigenvalue weighted by Gasteiger charge is -2.22. The zero-order valence-electron chi connectivity index (χ0n) is 7.12. The van der Waals surface area contributed by atoms with Gasteiger partial charge in [-0.25, -0.2) is 0 Å². The van der Waals surface area contributed by atoms with Crippen LogP contribution in [0.15, 0.2) is 0 Å². The van der Waals surface area contributed by atoms with E-state index in [1.54, 1.807) is 0 Å². The van der Waals surface area contributed by atoms with Crippen LogP contribution >= 0.6 is 24.8 Å². The smallest absolute Gasteiger partial charge is 0.0600 e. The van der Waals surface area contributed by atoms with Crippen molar-refractivity contribution in [1.82, 2.24) is 5.32 Å². The first-order valence-corrected chi connectivity index (χ1v) is 3.96. The van der Waals surface area contributed by atoms with Crippen molar-refractivity contribution in [2.45, 2.75) is 18.9 Å². The Kier molecular flexibility index (Phi) is 11.9. The highest BCUT2D eigenvalue weighted by Gasteiger charge is 2.11. The molecule has 0 saturated carbocycles. The SMILES string of the molecule is Cl.Cl.NCCOC1CCNCC1. The van der Waals surface area contributed by atoms with E-state index in [0.717, 1.165) is 25.9 Å². The molecule has 1 saturated heterocycles. The Hall–Kier alpha value is 0.460. The average molecular weight is 217 g/mol. The number of rotatable bonds is 3. The van der Waals surface area contributed by atoms with Gasteiger partial charge in [0.05, 0.1) is 12.7 Å². The first-order chi connectivity index (χ1) is 4.93. The van der Waals surface area contributed by atoms with Crippen LogP contribution in [-0.4, -0.2) is 32.3 Å². The van der Waals surface area contributed by atoms with Crippen molar-refractivity contribution < 1.29 is 4.74 Å². The summed E-state index contributed by atoms with van der Waals surface area (Å²) < 4.78 is 5.47. The highest BCUT2D eigenvalue weighted by atomic mass is 35.5. The van der Waals surface area contributed by atoms with Gasteiger partial charge in [-0.2, -0.15) is 0 Å². The highest BCUT2D eigenvalue weighted by molar-refractivity contribution is 5.85. The van der Waals surface area contributed by atoms with E-state index in [2.05, 4.69) is 5.32 Å². The molecule has 1 aliphatic rings. The Bertz CT molecular complexity index is 89.5. The maximum Gasteiger partial charge on any atom is 0.0600 e. The lowest BCUT2D eigenvalue weighted by Crippen LogP contribution is -2.33. The van der Waals surface area contributed by atoms with Gasteiger partial charge in [0.25, 0.3) is 0 Å². The lowest BCUT2D eigenvalue weighted by atomic mass is 10.1. The molecule has 0 aliphatic carbocycles. The van der Waals surface area contributed by atoms with Crippen LogP contribution in [-0.2, 0) is 4.74 Å². The summed E-state index contributed by atoms with van der Waals surface area (Å²) in [5.41, 5.74) is 5.31. The number of hydrogen-bond donors (Lipinski definition) is 2. The maximum absolute atomic E-state index is 5.47. The van der Waals surface area contributed by atoms with Gasteiger partial charge in [-0.15, -0.1) is 24.8 Å². The van der Waals surface area contributed by atoms with Gasteiger partial charge in [-0.3, -0.25) is 0 Å². The molecular formula is C7H18Cl2N2O. The molecule has 0 atom stereocenters. The van der Waals surface area contributed by atoms with E-state index in [0.29, 0.717) is 19.3 Å². The summed E-state index contributed by atoms with van der Waals surface area (Å²) in [6, 6.07) is 0. The summed E-state index contributed by atoms with van der Waals surface area (Å²) in [5.74, 6) is 0. The fourth-order valence-electron chi connectivity index (χ4n) is 1.20. The molecule has 12 heavy (non-hydrogen) atoms. The van der Waals surface area contributed by atoms with Gasteiger partial charge >= 0.3 is 0 Å². The third kappa shape index (κ3) is 6.03. The topological polar surface area (TPSA) is 47.3 Å². The third-order valence-electron chi connectivity index (χ3n) is 1.76. The molecule has 76 valence electrons. The molecule has 0 bridgehead atoms. The standard InChI is InChI=1S/C7H16N2O.2ClH/c8-3-6-10-7-1-4-9-5-2-7;;/h7,9H,1-6,8H2;2*1H. The van der Waals surface area contributed by atoms with E-state index >= 15 is 0 Å². The molecule has 1 aliphatic heterocycles. The first-order valence-electron chi connectivity index (χ1n) is 3.96. The molecule has 1 rings (SSSR count). The second-order valence-electron chi connectivity index (χ2n) is 2.61. The Balaban J connectivity index is 0. The van der Waals surface area contributed by atoms with Crippen molar-refractivity contribution in [3.63, 3.8) is 0 Å². The minimum absolute atomic E-state index is 0. The molecule has 0 unspecified atom stereocenters. The predicted molar refractivity (Wildman–Crippen MR) is 55.4 cm³/mol. The van der Waals surface area contributed by atoms with Crippen LogP contribution in [0.1, 0.15) is 12.8 Å². The number of hydrogen-bond acceptors (Lipinski definition) is 3. The molecule has 1 fully saturated rings. The quantitative estimate of drug-likeness (QED) is 0.726. The molecule has 0 aromatic heterocycles. The minimum Gasteiger partial charge on any atom is -0.377 e. The molecule has 0 spiro atoms. The molecule has 0 aromatic carbocycles. The average Bonchev–Trinajstić information content (AvgIpc) is 2.03. The van der Waals surface area contributed by atoms with Crippen LogP contribution in [0.3, 0.4) is 0 Å². The predicted octanol–water partition coefficient (Wildman–Crippen LogP) is 0.557. The van der Waals surface area contributed by atoms with Crippen LogP contribution in [0.5, 0.6) is 0 Å². The van der Waals surface area contributed by atoms with Gasteiger partial charge in [0.1, 0.15) is 0 Å². The van der Waals surface area contributed by atoms with E-state index in [-0.39, 0.29) is 24.8 Å². The van der Waals surface area contributed by atoms with Crippen LogP contribution in [0.4, 0.5) is 0 Å². The van der Waals surface area contributed by atoms with E-state index < -0.39 is 0 Å². The molecule has 0 amide bonds. The van der Waals surface area contributed by atoms with Gasteiger partial charge in [0.2, 0.25) is 0 Å². The fourth-order valence-corrected chi connectivity index (χ4v) is 1.20. The second kappa shape index (κ2) is 9.55. The summed E-state index contributed by atoms with van der Waals surface area (Å²) in [6.07, 6.45) is 2.74. The Morgan fingerprint density at radius 3 is 2.33 bits per heavy atom. The summed E-state index contributed by atoms with van der Waals surface area (Å²) in [5, 5.41) is 3.28. The zero-order valence-corrected chi connectivity index (χ0v) is 8.76. The highest BCUT2D eigenvalue weighted by Crippen LogP contribution is 2.05. The number of halogens is 2. The van der Waals surface area contributed by atoms with Gasteiger partial charge < -0.3 is 15.8 Å². The van der Waals surface area contributed by atoms with E-state index in [1.807, 2.05) is 0 Å². The van der Waals surface area contributed by atoms with Crippen molar-refractivity contribution >= 4 is 24.8 Å². The van der Waals surface area contributed by atoms with Crippen molar-refractivity contribution in [3.05, 3.63) is 0 Å². The maximum atomic E-state index is 5.47. The third-order valence-corrected chi connectivity index (χ3v) is 1.76. The lowest BCUT2D eigenvalue weighted by molar-refractivity contribution is 0.0379. The normalized spacial score (nSPS) is 17.8. The summed E-state index contributed by atoms with van der Waals surface area (Å²) in [7, 11) is 0. The molecule has 0 aromatic rings. The minimum atomic E-state index is 0. The van der Waals surface area contributed by atoms with Crippen LogP contribution in [0, 0.1) is 0 Å². The van der Waals surface area contributed by atoms with E-state index in [1.165, 1.54) is 0 Å². The number of piperidine rings is 1. The zero-order chi connectivity index (χ0) is 7.23. The van der Waals surface area contributed by atoms with Crippen molar-refractivity contribution in [2.24, 2.45) is 5.73 Å². The Morgan fingerprint density at radius 2 is 1.83 bits per heavy atom. The second-order valence-corrected chi connectivity index (χ2v) is 2.61. The van der Waals surface area contributed by atoms with Gasteiger partial charge in [-0.1, -0.05) is 0 Å². The van der Waals surface area contributed by atoms with Crippen LogP contribution in [0.25, 0.3) is 0 Å². The number of nitrogens with two attached hydrogens (primary N) is 1. The molecule has 3 N–H and O–H groups in total. The van der Waals surface area contributed by atoms with E-state index in [4.69, 9.17) is 10.5 Å². The van der Waals surface area contributed by atoms with Crippen molar-refractivity contribution in [2.75, 3.05) is 26.2 Å². The Labute approximate surface area is 86.2 Å². The van der Waals surface area contributed by atoms with Gasteiger partial charge in [-0.05, 0) is 25.9 Å².